The van der Waals surface area contributed by atoms with E-state index in [0.717, 1.165) is 23.6 Å². The van der Waals surface area contributed by atoms with Gasteiger partial charge in [-0.25, -0.2) is 0 Å². The third-order valence-corrected chi connectivity index (χ3v) is 4.48. The fraction of sp³-hybridized carbons (Fsp3) is 0.333. The molecule has 0 fully saturated rings. The van der Waals surface area contributed by atoms with Crippen molar-refractivity contribution in [2.45, 2.75) is 27.1 Å². The number of quaternary nitrogens is 1. The van der Waals surface area contributed by atoms with Crippen molar-refractivity contribution in [3.05, 3.63) is 58.9 Å². The molecule has 0 saturated carbocycles. The van der Waals surface area contributed by atoms with Crippen molar-refractivity contribution >= 4 is 12.2 Å². The first-order chi connectivity index (χ1) is 13.6. The van der Waals surface area contributed by atoms with Gasteiger partial charge in [0.2, 0.25) is 0 Å². The Kier molecular flexibility index (Phi) is 6.84. The normalized spacial score (nSPS) is 12.0. The monoisotopic (exact) mass is 400 g/mol. The van der Waals surface area contributed by atoms with E-state index in [9.17, 15) is 0 Å². The SMILES string of the molecule is CCOc1ccc(C[NH+](C)Cn2nc(-c3ccccc3OCC)oc2=S)cc1. The molecule has 1 atom stereocenters. The molecule has 0 saturated heterocycles. The smallest absolute Gasteiger partial charge is 0.292 e. The predicted octanol–water partition coefficient (Wildman–Crippen LogP) is 3.34. The zero-order valence-electron chi connectivity index (χ0n) is 16.5. The summed E-state index contributed by atoms with van der Waals surface area (Å²) in [5.41, 5.74) is 2.02. The Morgan fingerprint density at radius 1 is 1.04 bits per heavy atom. The zero-order chi connectivity index (χ0) is 19.9. The van der Waals surface area contributed by atoms with Gasteiger partial charge in [0.15, 0.2) is 6.67 Å². The molecule has 1 N–H and O–H groups in total. The second kappa shape index (κ2) is 9.52. The van der Waals surface area contributed by atoms with Gasteiger partial charge in [0.05, 0.1) is 25.8 Å². The van der Waals surface area contributed by atoms with Gasteiger partial charge in [-0.15, -0.1) is 5.10 Å². The molecule has 148 valence electrons. The topological polar surface area (TPSA) is 53.9 Å². The highest BCUT2D eigenvalue weighted by molar-refractivity contribution is 7.71. The van der Waals surface area contributed by atoms with E-state index < -0.39 is 0 Å². The van der Waals surface area contributed by atoms with E-state index in [4.69, 9.17) is 26.1 Å². The van der Waals surface area contributed by atoms with Crippen molar-refractivity contribution in [3.8, 4) is 23.0 Å². The summed E-state index contributed by atoms with van der Waals surface area (Å²) in [7, 11) is 2.10. The summed E-state index contributed by atoms with van der Waals surface area (Å²) in [5.74, 6) is 2.10. The van der Waals surface area contributed by atoms with Crippen molar-refractivity contribution < 1.29 is 18.8 Å². The fourth-order valence-corrected chi connectivity index (χ4v) is 3.15. The van der Waals surface area contributed by atoms with Gasteiger partial charge in [0.1, 0.15) is 18.0 Å². The molecule has 7 heteroatoms. The van der Waals surface area contributed by atoms with E-state index in [2.05, 4.69) is 24.3 Å². The van der Waals surface area contributed by atoms with Crippen molar-refractivity contribution in [2.24, 2.45) is 0 Å². The summed E-state index contributed by atoms with van der Waals surface area (Å²) in [6.07, 6.45) is 0. The van der Waals surface area contributed by atoms with Gasteiger partial charge in [-0.1, -0.05) is 12.1 Å². The van der Waals surface area contributed by atoms with Crippen LogP contribution in [0.5, 0.6) is 11.5 Å². The lowest BCUT2D eigenvalue weighted by Crippen LogP contribution is -3.07. The number of para-hydroxylation sites is 1. The van der Waals surface area contributed by atoms with Crippen LogP contribution in [0.25, 0.3) is 11.5 Å². The Balaban J connectivity index is 1.70. The van der Waals surface area contributed by atoms with Gasteiger partial charge in [-0.2, -0.15) is 4.68 Å². The molecule has 1 unspecified atom stereocenters. The number of nitrogens with one attached hydrogen (secondary N) is 1. The number of ether oxygens (including phenoxy) is 2. The largest absolute Gasteiger partial charge is 0.494 e. The molecule has 0 amide bonds. The molecule has 0 spiro atoms. The van der Waals surface area contributed by atoms with Crippen LogP contribution in [-0.4, -0.2) is 30.0 Å². The van der Waals surface area contributed by atoms with Crippen molar-refractivity contribution in [2.75, 3.05) is 20.3 Å². The minimum atomic E-state index is 0.354. The van der Waals surface area contributed by atoms with Crippen LogP contribution in [0.2, 0.25) is 0 Å². The molecule has 3 aromatic rings. The summed E-state index contributed by atoms with van der Waals surface area (Å²) in [6.45, 7) is 6.62. The van der Waals surface area contributed by atoms with E-state index in [-0.39, 0.29) is 0 Å². The third-order valence-electron chi connectivity index (χ3n) is 4.18. The van der Waals surface area contributed by atoms with E-state index in [1.807, 2.05) is 50.2 Å². The van der Waals surface area contributed by atoms with Crippen LogP contribution in [0.4, 0.5) is 0 Å². The highest BCUT2D eigenvalue weighted by Crippen LogP contribution is 2.28. The number of aromatic nitrogens is 2. The summed E-state index contributed by atoms with van der Waals surface area (Å²) in [4.78, 5) is 1.59. The Labute approximate surface area is 170 Å². The Hall–Kier alpha value is -2.64. The Morgan fingerprint density at radius 3 is 2.46 bits per heavy atom. The maximum atomic E-state index is 5.74. The summed E-state index contributed by atoms with van der Waals surface area (Å²) in [5, 5.41) is 4.57. The lowest BCUT2D eigenvalue weighted by molar-refractivity contribution is -0.917. The minimum absolute atomic E-state index is 0.354. The molecule has 2 aromatic carbocycles. The summed E-state index contributed by atoms with van der Waals surface area (Å²) < 4.78 is 18.6. The average Bonchev–Trinajstić information content (AvgIpc) is 3.04. The third kappa shape index (κ3) is 4.99. The molecule has 1 heterocycles. The second-order valence-corrected chi connectivity index (χ2v) is 6.82. The number of benzene rings is 2. The van der Waals surface area contributed by atoms with Gasteiger partial charge in [0, 0.05) is 5.56 Å². The van der Waals surface area contributed by atoms with Gasteiger partial charge in [-0.05, 0) is 62.5 Å². The van der Waals surface area contributed by atoms with E-state index in [1.165, 1.54) is 10.5 Å². The summed E-state index contributed by atoms with van der Waals surface area (Å²) >= 11 is 5.37. The van der Waals surface area contributed by atoms with Crippen molar-refractivity contribution in [1.29, 1.82) is 0 Å². The lowest BCUT2D eigenvalue weighted by atomic mass is 10.2. The van der Waals surface area contributed by atoms with Crippen LogP contribution in [0.3, 0.4) is 0 Å². The molecule has 6 nitrogen and oxygen atoms in total. The molecule has 0 aliphatic rings. The molecule has 0 bridgehead atoms. The van der Waals surface area contributed by atoms with Crippen LogP contribution in [0, 0.1) is 4.84 Å². The summed E-state index contributed by atoms with van der Waals surface area (Å²) in [6, 6.07) is 15.8. The van der Waals surface area contributed by atoms with E-state index >= 15 is 0 Å². The molecule has 0 radical (unpaired) electrons. The van der Waals surface area contributed by atoms with Crippen LogP contribution in [-0.2, 0) is 13.2 Å². The number of hydrogen-bond donors (Lipinski definition) is 1. The minimum Gasteiger partial charge on any atom is -0.494 e. The molecule has 3 rings (SSSR count). The molecular formula is C21H26N3O3S+. The second-order valence-electron chi connectivity index (χ2n) is 6.47. The number of rotatable bonds is 9. The first kappa shape index (κ1) is 20.1. The van der Waals surface area contributed by atoms with E-state index in [0.29, 0.717) is 30.6 Å². The van der Waals surface area contributed by atoms with Crippen LogP contribution in [0.15, 0.2) is 52.9 Å². The maximum absolute atomic E-state index is 5.74. The van der Waals surface area contributed by atoms with E-state index in [1.54, 1.807) is 4.68 Å². The van der Waals surface area contributed by atoms with Gasteiger partial charge >= 0.3 is 0 Å². The highest BCUT2D eigenvalue weighted by atomic mass is 32.1. The molecule has 0 aliphatic heterocycles. The highest BCUT2D eigenvalue weighted by Gasteiger charge is 2.15. The molecule has 28 heavy (non-hydrogen) atoms. The number of nitrogens with zero attached hydrogens (tertiary/aromatic N) is 2. The maximum Gasteiger partial charge on any atom is 0.292 e. The quantitative estimate of drug-likeness (QED) is 0.559. The fourth-order valence-electron chi connectivity index (χ4n) is 2.97. The van der Waals surface area contributed by atoms with Gasteiger partial charge in [-0.3, -0.25) is 0 Å². The average molecular weight is 401 g/mol. The van der Waals surface area contributed by atoms with Gasteiger partial charge in [0.25, 0.3) is 10.7 Å². The first-order valence-electron chi connectivity index (χ1n) is 9.44. The molecule has 1 aromatic heterocycles. The Morgan fingerprint density at radius 2 is 1.75 bits per heavy atom. The van der Waals surface area contributed by atoms with Crippen LogP contribution in [0.1, 0.15) is 19.4 Å². The lowest BCUT2D eigenvalue weighted by Gasteiger charge is -2.13. The van der Waals surface area contributed by atoms with Gasteiger partial charge < -0.3 is 18.8 Å². The van der Waals surface area contributed by atoms with Crippen molar-refractivity contribution in [1.82, 2.24) is 9.78 Å². The van der Waals surface area contributed by atoms with Crippen molar-refractivity contribution in [3.63, 3.8) is 0 Å². The molecule has 0 aliphatic carbocycles. The number of hydrogen-bond acceptors (Lipinski definition) is 5. The predicted molar refractivity (Wildman–Crippen MR) is 110 cm³/mol. The standard InChI is InChI=1S/C21H25N3O3S/c1-4-25-17-12-10-16(11-13-17)14-23(3)15-24-21(28)27-20(22-24)18-8-6-7-9-19(18)26-5-2/h6-13H,4-5,14-15H2,1-3H3/p+1. The zero-order valence-corrected chi connectivity index (χ0v) is 17.3. The first-order valence-corrected chi connectivity index (χ1v) is 9.84. The van der Waals surface area contributed by atoms with Crippen LogP contribution < -0.4 is 14.4 Å². The molecular weight excluding hydrogens is 374 g/mol. The van der Waals surface area contributed by atoms with Crippen LogP contribution >= 0.6 is 12.2 Å². The Bertz CT molecular complexity index is 950.